The minimum atomic E-state index is -1.95. The molecule has 0 unspecified atom stereocenters. The van der Waals surface area contributed by atoms with Crippen molar-refractivity contribution in [1.82, 2.24) is 5.06 Å². The maximum atomic E-state index is 13.3. The van der Waals surface area contributed by atoms with E-state index in [0.29, 0.717) is 19.8 Å². The van der Waals surface area contributed by atoms with E-state index < -0.39 is 20.0 Å². The first kappa shape index (κ1) is 21.7. The molecule has 2 bridgehead atoms. The fraction of sp³-hybridized carbons (Fsp3) is 0.682. The molecule has 0 amide bonds. The summed E-state index contributed by atoms with van der Waals surface area (Å²) in [5.41, 5.74) is 0.566. The Morgan fingerprint density at radius 1 is 1.21 bits per heavy atom. The van der Waals surface area contributed by atoms with Crippen LogP contribution in [0, 0.1) is 5.92 Å². The average molecular weight is 406 g/mol. The Labute approximate surface area is 170 Å². The van der Waals surface area contributed by atoms with Gasteiger partial charge in [0.2, 0.25) is 0 Å². The van der Waals surface area contributed by atoms with Gasteiger partial charge in [-0.15, -0.1) is 0 Å². The number of Topliss-reactive ketones (excluding diaryl/α,β-unsaturated/α-hetero) is 1. The Hall–Kier alpha value is -1.05. The number of carbonyl (C=O) groups excluding carboxylic acids is 1. The number of benzene rings is 1. The molecule has 2 aliphatic rings. The van der Waals surface area contributed by atoms with Crippen LogP contribution in [0.5, 0.6) is 0 Å². The second-order valence-corrected chi connectivity index (χ2v) is 14.9. The van der Waals surface area contributed by atoms with E-state index in [2.05, 4.69) is 46.0 Å². The molecule has 6 heteroatoms. The summed E-state index contributed by atoms with van der Waals surface area (Å²) in [5.74, 6) is -0.0316. The zero-order chi connectivity index (χ0) is 20.7. The summed E-state index contributed by atoms with van der Waals surface area (Å²) in [6.07, 6.45) is -0.336. The zero-order valence-corrected chi connectivity index (χ0v) is 19.3. The van der Waals surface area contributed by atoms with Gasteiger partial charge in [0, 0.05) is 0 Å². The predicted octanol–water partition coefficient (Wildman–Crippen LogP) is 4.19. The second kappa shape index (κ2) is 7.65. The van der Waals surface area contributed by atoms with Crippen molar-refractivity contribution in [2.75, 3.05) is 13.2 Å². The molecule has 2 saturated heterocycles. The highest BCUT2D eigenvalue weighted by Crippen LogP contribution is 2.40. The third-order valence-corrected chi connectivity index (χ3v) is 11.1. The van der Waals surface area contributed by atoms with Crippen LogP contribution in [0.1, 0.15) is 40.2 Å². The first-order valence-electron chi connectivity index (χ1n) is 10.2. The lowest BCUT2D eigenvalue weighted by Gasteiger charge is -2.52. The number of ether oxygens (including phenoxy) is 1. The van der Waals surface area contributed by atoms with Gasteiger partial charge in [-0.05, 0) is 37.5 Å². The quantitative estimate of drug-likeness (QED) is 0.688. The third kappa shape index (κ3) is 4.26. The van der Waals surface area contributed by atoms with Crippen molar-refractivity contribution in [2.24, 2.45) is 5.92 Å². The van der Waals surface area contributed by atoms with Crippen LogP contribution in [0.2, 0.25) is 18.1 Å². The molecule has 0 aliphatic carbocycles. The van der Waals surface area contributed by atoms with Gasteiger partial charge in [0.15, 0.2) is 14.1 Å². The van der Waals surface area contributed by atoms with Crippen LogP contribution in [-0.2, 0) is 25.3 Å². The van der Waals surface area contributed by atoms with E-state index in [1.165, 1.54) is 0 Å². The summed E-state index contributed by atoms with van der Waals surface area (Å²) in [5, 5.41) is 1.92. The summed E-state index contributed by atoms with van der Waals surface area (Å²) in [6.45, 7) is 16.4. The van der Waals surface area contributed by atoms with Gasteiger partial charge >= 0.3 is 0 Å². The zero-order valence-electron chi connectivity index (χ0n) is 18.3. The van der Waals surface area contributed by atoms with Crippen molar-refractivity contribution in [3.8, 4) is 0 Å². The molecule has 2 aliphatic heterocycles. The first-order chi connectivity index (χ1) is 12.9. The van der Waals surface area contributed by atoms with E-state index in [-0.39, 0.29) is 22.8 Å². The van der Waals surface area contributed by atoms with Crippen LogP contribution in [0.4, 0.5) is 0 Å². The summed E-state index contributed by atoms with van der Waals surface area (Å²) in [4.78, 5) is 19.4. The Balaban J connectivity index is 1.81. The molecule has 1 aromatic carbocycles. The SMILES string of the molecule is CC1(C)O[C@H](CO[Si](C)(C)C(C)(C)C)[C@H]2C(=O)[C@@H]1CON2Cc1ccccc1. The van der Waals surface area contributed by atoms with E-state index in [4.69, 9.17) is 14.0 Å². The van der Waals surface area contributed by atoms with E-state index in [1.54, 1.807) is 0 Å². The molecule has 2 fully saturated rings. The van der Waals surface area contributed by atoms with Crippen molar-refractivity contribution in [1.29, 1.82) is 0 Å². The van der Waals surface area contributed by atoms with E-state index in [9.17, 15) is 4.79 Å². The number of fused-ring (bicyclic) bond motifs is 2. The lowest BCUT2D eigenvalue weighted by Crippen LogP contribution is -2.68. The van der Waals surface area contributed by atoms with Gasteiger partial charge in [-0.2, -0.15) is 5.06 Å². The maximum absolute atomic E-state index is 13.3. The van der Waals surface area contributed by atoms with Crippen molar-refractivity contribution >= 4 is 14.1 Å². The largest absolute Gasteiger partial charge is 0.414 e. The summed E-state index contributed by atoms with van der Waals surface area (Å²) >= 11 is 0. The topological polar surface area (TPSA) is 48.0 Å². The maximum Gasteiger partial charge on any atom is 0.192 e. The van der Waals surface area contributed by atoms with E-state index in [0.717, 1.165) is 5.56 Å². The molecular formula is C22H35NO4Si. The second-order valence-electron chi connectivity index (χ2n) is 10.1. The van der Waals surface area contributed by atoms with Crippen LogP contribution in [0.15, 0.2) is 30.3 Å². The van der Waals surface area contributed by atoms with Crippen LogP contribution >= 0.6 is 0 Å². The predicted molar refractivity (Wildman–Crippen MR) is 112 cm³/mol. The van der Waals surface area contributed by atoms with Crippen molar-refractivity contribution in [3.05, 3.63) is 35.9 Å². The molecule has 0 saturated carbocycles. The van der Waals surface area contributed by atoms with Gasteiger partial charge in [0.05, 0.1) is 31.3 Å². The normalized spacial score (nSPS) is 28.4. The minimum absolute atomic E-state index is 0.108. The van der Waals surface area contributed by atoms with Gasteiger partial charge in [0.25, 0.3) is 0 Å². The Kier molecular flexibility index (Phi) is 5.91. The smallest absolute Gasteiger partial charge is 0.192 e. The summed E-state index contributed by atoms with van der Waals surface area (Å²) in [6, 6.07) is 9.66. The molecule has 3 rings (SSSR count). The number of hydrogen-bond acceptors (Lipinski definition) is 5. The summed E-state index contributed by atoms with van der Waals surface area (Å²) in [7, 11) is -1.95. The molecule has 2 heterocycles. The fourth-order valence-corrected chi connectivity index (χ4v) is 4.68. The fourth-order valence-electron chi connectivity index (χ4n) is 3.67. The molecule has 0 spiro atoms. The standard InChI is InChI=1S/C22H35NO4Si/c1-21(2,3)28(6,7)26-15-18-19-20(24)17(22(4,5)27-18)14-25-23(19)13-16-11-9-8-10-12-16/h8-12,17-19H,13-15H2,1-7H3/t17-,18+,19-/m0/s1. The van der Waals surface area contributed by atoms with Gasteiger partial charge in [-0.1, -0.05) is 51.1 Å². The lowest BCUT2D eigenvalue weighted by atomic mass is 9.79. The van der Waals surface area contributed by atoms with Crippen LogP contribution in [0.25, 0.3) is 0 Å². The van der Waals surface area contributed by atoms with Gasteiger partial charge in [0.1, 0.15) is 12.1 Å². The van der Waals surface area contributed by atoms with Crippen LogP contribution in [0.3, 0.4) is 0 Å². The van der Waals surface area contributed by atoms with Gasteiger partial charge in [-0.25, -0.2) is 0 Å². The molecule has 0 radical (unpaired) electrons. The van der Waals surface area contributed by atoms with Crippen molar-refractivity contribution in [3.63, 3.8) is 0 Å². The van der Waals surface area contributed by atoms with Gasteiger partial charge < -0.3 is 9.16 Å². The van der Waals surface area contributed by atoms with Gasteiger partial charge in [-0.3, -0.25) is 9.63 Å². The molecule has 0 N–H and O–H groups in total. The Morgan fingerprint density at radius 2 is 1.86 bits per heavy atom. The molecular weight excluding hydrogens is 370 g/mol. The number of carbonyl (C=O) groups is 1. The number of hydroxylamine groups is 2. The monoisotopic (exact) mass is 405 g/mol. The lowest BCUT2D eigenvalue weighted by molar-refractivity contribution is -0.296. The first-order valence-corrected chi connectivity index (χ1v) is 13.1. The molecule has 5 nitrogen and oxygen atoms in total. The van der Waals surface area contributed by atoms with E-state index in [1.807, 2.05) is 37.1 Å². The molecule has 28 heavy (non-hydrogen) atoms. The highest BCUT2D eigenvalue weighted by atomic mass is 28.4. The highest BCUT2D eigenvalue weighted by Gasteiger charge is 2.55. The highest BCUT2D eigenvalue weighted by molar-refractivity contribution is 6.74. The average Bonchev–Trinajstić information content (AvgIpc) is 2.58. The number of hydrogen-bond donors (Lipinski definition) is 0. The molecule has 0 aromatic heterocycles. The number of rotatable bonds is 5. The minimum Gasteiger partial charge on any atom is -0.414 e. The van der Waals surface area contributed by atoms with Crippen LogP contribution in [-0.4, -0.2) is 50.1 Å². The number of nitrogens with zero attached hydrogens (tertiary/aromatic N) is 1. The van der Waals surface area contributed by atoms with Crippen molar-refractivity contribution < 1.29 is 18.8 Å². The van der Waals surface area contributed by atoms with Crippen LogP contribution < -0.4 is 0 Å². The molecule has 156 valence electrons. The third-order valence-electron chi connectivity index (χ3n) is 6.59. The summed E-state index contributed by atoms with van der Waals surface area (Å²) < 4.78 is 12.9. The van der Waals surface area contributed by atoms with E-state index >= 15 is 0 Å². The number of ketones is 1. The molecule has 1 aromatic rings. The molecule has 3 atom stereocenters. The Bertz CT molecular complexity index is 698. The Morgan fingerprint density at radius 3 is 2.46 bits per heavy atom. The van der Waals surface area contributed by atoms with Crippen molar-refractivity contribution in [2.45, 2.75) is 77.0 Å².